The largest absolute Gasteiger partial charge is 0.395 e. The van der Waals surface area contributed by atoms with E-state index < -0.39 is 0 Å². The number of likely N-dealkylation sites (N-methyl/N-ethyl adjacent to an activating group) is 1. The monoisotopic (exact) mass is 144 g/mol. The van der Waals surface area contributed by atoms with Crippen LogP contribution in [0, 0.1) is 0 Å². The first-order chi connectivity index (χ1) is 4.74. The van der Waals surface area contributed by atoms with Gasteiger partial charge in [0.15, 0.2) is 0 Å². The maximum Gasteiger partial charge on any atom is 0.0558 e. The Morgan fingerprint density at radius 1 is 1.50 bits per heavy atom. The molecule has 0 atom stereocenters. The Morgan fingerprint density at radius 2 is 2.10 bits per heavy atom. The van der Waals surface area contributed by atoms with Crippen LogP contribution < -0.4 is 0 Å². The topological polar surface area (TPSA) is 26.7 Å². The first-order valence-corrected chi connectivity index (χ1v) is 3.73. The molecule has 60 valence electrons. The molecule has 0 aromatic carbocycles. The molecule has 0 aliphatic carbocycles. The number of aliphatic hydroxyl groups excluding tert-OH is 1. The summed E-state index contributed by atoms with van der Waals surface area (Å²) in [4.78, 5) is 4.48. The van der Waals surface area contributed by atoms with E-state index in [2.05, 4.69) is 23.9 Å². The van der Waals surface area contributed by atoms with Crippen LogP contribution in [0.25, 0.3) is 0 Å². The van der Waals surface area contributed by atoms with Gasteiger partial charge in [-0.2, -0.15) is 0 Å². The van der Waals surface area contributed by atoms with Crippen LogP contribution in [0.4, 0.5) is 0 Å². The zero-order valence-electron chi connectivity index (χ0n) is 6.75. The summed E-state index contributed by atoms with van der Waals surface area (Å²) in [6, 6.07) is 0.714. The summed E-state index contributed by atoms with van der Waals surface area (Å²) in [6.45, 7) is 3.37. The molecule has 0 spiro atoms. The van der Waals surface area contributed by atoms with E-state index in [1.807, 2.05) is 0 Å². The van der Waals surface area contributed by atoms with Crippen LogP contribution in [0.2, 0.25) is 0 Å². The summed E-state index contributed by atoms with van der Waals surface area (Å²) in [5, 5.41) is 8.57. The molecule has 1 saturated heterocycles. The zero-order chi connectivity index (χ0) is 7.56. The van der Waals surface area contributed by atoms with Gasteiger partial charge in [0.05, 0.1) is 6.61 Å². The Balaban J connectivity index is 2.06. The van der Waals surface area contributed by atoms with E-state index >= 15 is 0 Å². The van der Waals surface area contributed by atoms with Crippen LogP contribution in [0.5, 0.6) is 0 Å². The van der Waals surface area contributed by atoms with Crippen molar-refractivity contribution in [1.29, 1.82) is 0 Å². The summed E-state index contributed by atoms with van der Waals surface area (Å²) in [6.07, 6.45) is 0. The van der Waals surface area contributed by atoms with Crippen molar-refractivity contribution in [2.24, 2.45) is 0 Å². The minimum Gasteiger partial charge on any atom is -0.395 e. The SMILES string of the molecule is CN(C)C1CN(CCO)C1. The summed E-state index contributed by atoms with van der Waals surface area (Å²) in [5.74, 6) is 0. The molecule has 0 amide bonds. The molecule has 1 aliphatic rings. The Kier molecular flexibility index (Phi) is 2.65. The highest BCUT2D eigenvalue weighted by atomic mass is 16.3. The highest BCUT2D eigenvalue weighted by Gasteiger charge is 2.26. The van der Waals surface area contributed by atoms with E-state index in [1.54, 1.807) is 0 Å². The van der Waals surface area contributed by atoms with Gasteiger partial charge in [0.25, 0.3) is 0 Å². The predicted octanol–water partition coefficient (Wildman–Crippen LogP) is -0.775. The average molecular weight is 144 g/mol. The smallest absolute Gasteiger partial charge is 0.0558 e. The second kappa shape index (κ2) is 3.32. The van der Waals surface area contributed by atoms with Crippen molar-refractivity contribution in [1.82, 2.24) is 9.80 Å². The molecular formula is C7H16N2O. The second-order valence-corrected chi connectivity index (χ2v) is 3.10. The van der Waals surface area contributed by atoms with Crippen molar-refractivity contribution in [2.75, 3.05) is 40.3 Å². The minimum atomic E-state index is 0.292. The lowest BCUT2D eigenvalue weighted by Gasteiger charge is -2.42. The quantitative estimate of drug-likeness (QED) is 0.563. The third kappa shape index (κ3) is 1.68. The summed E-state index contributed by atoms with van der Waals surface area (Å²) < 4.78 is 0. The van der Waals surface area contributed by atoms with Crippen LogP contribution in [-0.2, 0) is 0 Å². The van der Waals surface area contributed by atoms with Crippen molar-refractivity contribution in [3.05, 3.63) is 0 Å². The molecule has 1 rings (SSSR count). The Labute approximate surface area is 62.2 Å². The number of hydrogen-bond donors (Lipinski definition) is 1. The third-order valence-corrected chi connectivity index (χ3v) is 2.08. The van der Waals surface area contributed by atoms with E-state index in [4.69, 9.17) is 5.11 Å². The maximum atomic E-state index is 8.57. The third-order valence-electron chi connectivity index (χ3n) is 2.08. The van der Waals surface area contributed by atoms with Crippen LogP contribution in [0.3, 0.4) is 0 Å². The lowest BCUT2D eigenvalue weighted by molar-refractivity contribution is 0.0494. The molecule has 1 heterocycles. The van der Waals surface area contributed by atoms with Gasteiger partial charge in [-0.15, -0.1) is 0 Å². The first-order valence-electron chi connectivity index (χ1n) is 3.73. The van der Waals surface area contributed by atoms with E-state index in [0.717, 1.165) is 19.6 Å². The van der Waals surface area contributed by atoms with Crippen molar-refractivity contribution in [2.45, 2.75) is 6.04 Å². The molecule has 10 heavy (non-hydrogen) atoms. The van der Waals surface area contributed by atoms with E-state index in [9.17, 15) is 0 Å². The van der Waals surface area contributed by atoms with Gasteiger partial charge in [-0.1, -0.05) is 0 Å². The summed E-state index contributed by atoms with van der Waals surface area (Å²) in [7, 11) is 4.20. The van der Waals surface area contributed by atoms with Gasteiger partial charge in [-0.3, -0.25) is 4.90 Å². The van der Waals surface area contributed by atoms with E-state index in [-0.39, 0.29) is 0 Å². The molecule has 3 heteroatoms. The molecule has 1 N–H and O–H groups in total. The maximum absolute atomic E-state index is 8.57. The van der Waals surface area contributed by atoms with Gasteiger partial charge >= 0.3 is 0 Å². The molecule has 0 aromatic heterocycles. The highest BCUT2D eigenvalue weighted by molar-refractivity contribution is 4.84. The number of likely N-dealkylation sites (tertiary alicyclic amines) is 1. The molecule has 0 unspecified atom stereocenters. The van der Waals surface area contributed by atoms with Gasteiger partial charge in [0, 0.05) is 25.7 Å². The number of nitrogens with zero attached hydrogens (tertiary/aromatic N) is 2. The highest BCUT2D eigenvalue weighted by Crippen LogP contribution is 2.10. The number of hydrogen-bond acceptors (Lipinski definition) is 3. The second-order valence-electron chi connectivity index (χ2n) is 3.10. The normalized spacial score (nSPS) is 21.6. The zero-order valence-corrected chi connectivity index (χ0v) is 6.75. The average Bonchev–Trinajstić information content (AvgIpc) is 1.76. The molecular weight excluding hydrogens is 128 g/mol. The van der Waals surface area contributed by atoms with Crippen molar-refractivity contribution in [3.8, 4) is 0 Å². The lowest BCUT2D eigenvalue weighted by Crippen LogP contribution is -2.57. The van der Waals surface area contributed by atoms with Crippen LogP contribution in [0.15, 0.2) is 0 Å². The Morgan fingerprint density at radius 3 is 2.50 bits per heavy atom. The fraction of sp³-hybridized carbons (Fsp3) is 1.00. The van der Waals surface area contributed by atoms with E-state index in [1.165, 1.54) is 0 Å². The molecule has 0 bridgehead atoms. The van der Waals surface area contributed by atoms with Crippen LogP contribution in [0.1, 0.15) is 0 Å². The van der Waals surface area contributed by atoms with E-state index in [0.29, 0.717) is 12.6 Å². The van der Waals surface area contributed by atoms with Crippen molar-refractivity contribution >= 4 is 0 Å². The first kappa shape index (κ1) is 7.98. The van der Waals surface area contributed by atoms with Gasteiger partial charge < -0.3 is 10.0 Å². The number of β-amino-alcohol motifs (C(OH)–C–C–N with tert-alkyl or cyclic N) is 1. The Bertz CT molecular complexity index is 99.8. The Hall–Kier alpha value is -0.120. The minimum absolute atomic E-state index is 0.292. The number of aliphatic hydroxyl groups is 1. The van der Waals surface area contributed by atoms with Gasteiger partial charge in [-0.25, -0.2) is 0 Å². The molecule has 3 nitrogen and oxygen atoms in total. The molecule has 1 fully saturated rings. The molecule has 1 aliphatic heterocycles. The van der Waals surface area contributed by atoms with Crippen molar-refractivity contribution in [3.63, 3.8) is 0 Å². The fourth-order valence-corrected chi connectivity index (χ4v) is 1.19. The predicted molar refractivity (Wildman–Crippen MR) is 41.0 cm³/mol. The fourth-order valence-electron chi connectivity index (χ4n) is 1.19. The molecule has 0 radical (unpaired) electrons. The van der Waals surface area contributed by atoms with Gasteiger partial charge in [0.2, 0.25) is 0 Å². The molecule has 0 saturated carbocycles. The van der Waals surface area contributed by atoms with Crippen molar-refractivity contribution < 1.29 is 5.11 Å². The standard InChI is InChI=1S/C7H16N2O/c1-8(2)7-5-9(6-7)3-4-10/h7,10H,3-6H2,1-2H3. The van der Waals surface area contributed by atoms with Crippen LogP contribution >= 0.6 is 0 Å². The van der Waals surface area contributed by atoms with Gasteiger partial charge in [0.1, 0.15) is 0 Å². The van der Waals surface area contributed by atoms with Gasteiger partial charge in [-0.05, 0) is 14.1 Å². The molecule has 0 aromatic rings. The summed E-state index contributed by atoms with van der Waals surface area (Å²) in [5.41, 5.74) is 0. The summed E-state index contributed by atoms with van der Waals surface area (Å²) >= 11 is 0. The van der Waals surface area contributed by atoms with Crippen LogP contribution in [-0.4, -0.2) is 61.3 Å². The number of rotatable bonds is 3. The lowest BCUT2D eigenvalue weighted by atomic mass is 10.1.